The summed E-state index contributed by atoms with van der Waals surface area (Å²) in [6, 6.07) is 0.323. The predicted molar refractivity (Wildman–Crippen MR) is 67.2 cm³/mol. The van der Waals surface area contributed by atoms with Gasteiger partial charge in [-0.25, -0.2) is 4.98 Å². The van der Waals surface area contributed by atoms with Gasteiger partial charge in [0.1, 0.15) is 0 Å². The Kier molecular flexibility index (Phi) is 3.78. The van der Waals surface area contributed by atoms with Gasteiger partial charge in [-0.3, -0.25) is 0 Å². The van der Waals surface area contributed by atoms with Gasteiger partial charge in [0, 0.05) is 24.5 Å². The third kappa shape index (κ3) is 2.53. The molecule has 0 aliphatic carbocycles. The van der Waals surface area contributed by atoms with Crippen molar-refractivity contribution in [2.24, 2.45) is 0 Å². The number of ether oxygens (including phenoxy) is 1. The topological polar surface area (TPSA) is 37.4 Å². The molecule has 2 heterocycles. The van der Waals surface area contributed by atoms with E-state index in [4.69, 9.17) is 4.74 Å². The second-order valence-corrected chi connectivity index (χ2v) is 5.03. The van der Waals surface area contributed by atoms with Gasteiger partial charge in [0.05, 0.1) is 18.4 Å². The minimum atomic E-state index is 0.308. The molecule has 1 aromatic rings. The molecule has 1 saturated heterocycles. The summed E-state index contributed by atoms with van der Waals surface area (Å²) in [5, 5.41) is 6.46. The first-order chi connectivity index (χ1) is 7.70. The molecule has 5 heteroatoms. The quantitative estimate of drug-likeness (QED) is 0.873. The normalized spacial score (nSPS) is 23.4. The Balaban J connectivity index is 2.06. The predicted octanol–water partition coefficient (Wildman–Crippen LogP) is 1.65. The highest BCUT2D eigenvalue weighted by molar-refractivity contribution is 7.13. The fraction of sp³-hybridized carbons (Fsp3) is 0.727. The summed E-state index contributed by atoms with van der Waals surface area (Å²) >= 11 is 1.72. The molecule has 1 aliphatic heterocycles. The average molecular weight is 241 g/mol. The summed E-state index contributed by atoms with van der Waals surface area (Å²) in [6.45, 7) is 6.93. The molecule has 2 rings (SSSR count). The lowest BCUT2D eigenvalue weighted by molar-refractivity contribution is 0.0532. The molecular weight excluding hydrogens is 222 g/mol. The maximum Gasteiger partial charge on any atom is 0.185 e. The summed E-state index contributed by atoms with van der Waals surface area (Å²) in [5.41, 5.74) is 1.13. The molecule has 1 fully saturated rings. The molecule has 0 spiro atoms. The molecule has 90 valence electrons. The van der Waals surface area contributed by atoms with Crippen LogP contribution in [-0.2, 0) is 4.74 Å². The number of anilines is 1. The number of nitrogens with zero attached hydrogens (tertiary/aromatic N) is 2. The van der Waals surface area contributed by atoms with E-state index in [9.17, 15) is 0 Å². The molecule has 1 aromatic heterocycles. The van der Waals surface area contributed by atoms with Crippen LogP contribution >= 0.6 is 11.3 Å². The molecule has 1 aliphatic rings. The summed E-state index contributed by atoms with van der Waals surface area (Å²) in [4.78, 5) is 6.98. The number of aromatic nitrogens is 1. The first kappa shape index (κ1) is 11.8. The number of rotatable bonds is 3. The van der Waals surface area contributed by atoms with Gasteiger partial charge in [-0.15, -0.1) is 11.3 Å². The van der Waals surface area contributed by atoms with Crippen LogP contribution in [0.1, 0.15) is 25.6 Å². The van der Waals surface area contributed by atoms with Crippen molar-refractivity contribution in [1.82, 2.24) is 10.3 Å². The van der Waals surface area contributed by atoms with Gasteiger partial charge in [-0.05, 0) is 20.9 Å². The second-order valence-electron chi connectivity index (χ2n) is 4.19. The van der Waals surface area contributed by atoms with Crippen molar-refractivity contribution in [1.29, 1.82) is 0 Å². The SMILES string of the molecule is CNC(C)c1csc(N2CCOC(C)C2)n1. The molecule has 0 amide bonds. The van der Waals surface area contributed by atoms with Crippen molar-refractivity contribution >= 4 is 16.5 Å². The van der Waals surface area contributed by atoms with Gasteiger partial charge in [-0.1, -0.05) is 0 Å². The van der Waals surface area contributed by atoms with Crippen LogP contribution in [0.25, 0.3) is 0 Å². The molecule has 0 aromatic carbocycles. The van der Waals surface area contributed by atoms with E-state index in [2.05, 4.69) is 34.4 Å². The van der Waals surface area contributed by atoms with Crippen molar-refractivity contribution in [3.63, 3.8) is 0 Å². The zero-order chi connectivity index (χ0) is 11.5. The van der Waals surface area contributed by atoms with Crippen LogP contribution in [0.5, 0.6) is 0 Å². The van der Waals surface area contributed by atoms with E-state index in [1.165, 1.54) is 0 Å². The maximum atomic E-state index is 5.53. The summed E-state index contributed by atoms with van der Waals surface area (Å²) in [5.74, 6) is 0. The highest BCUT2D eigenvalue weighted by atomic mass is 32.1. The van der Waals surface area contributed by atoms with Gasteiger partial charge < -0.3 is 15.0 Å². The summed E-state index contributed by atoms with van der Waals surface area (Å²) < 4.78 is 5.53. The molecule has 16 heavy (non-hydrogen) atoms. The van der Waals surface area contributed by atoms with Crippen molar-refractivity contribution < 1.29 is 4.74 Å². The van der Waals surface area contributed by atoms with E-state index in [0.717, 1.165) is 30.5 Å². The number of thiazole rings is 1. The molecule has 0 bridgehead atoms. The van der Waals surface area contributed by atoms with Crippen LogP contribution in [0.3, 0.4) is 0 Å². The Morgan fingerprint density at radius 3 is 3.19 bits per heavy atom. The van der Waals surface area contributed by atoms with E-state index in [-0.39, 0.29) is 0 Å². The monoisotopic (exact) mass is 241 g/mol. The van der Waals surface area contributed by atoms with E-state index in [1.54, 1.807) is 11.3 Å². The minimum absolute atomic E-state index is 0.308. The second kappa shape index (κ2) is 5.12. The minimum Gasteiger partial charge on any atom is -0.375 e. The number of morpholine rings is 1. The molecule has 2 unspecified atom stereocenters. The molecular formula is C11H19N3OS. The Hall–Kier alpha value is -0.650. The molecule has 4 nitrogen and oxygen atoms in total. The van der Waals surface area contributed by atoms with E-state index < -0.39 is 0 Å². The first-order valence-corrected chi connectivity index (χ1v) is 6.58. The number of nitrogens with one attached hydrogen (secondary N) is 1. The fourth-order valence-electron chi connectivity index (χ4n) is 1.76. The zero-order valence-corrected chi connectivity index (χ0v) is 10.9. The molecule has 1 N–H and O–H groups in total. The lowest BCUT2D eigenvalue weighted by Crippen LogP contribution is -2.41. The van der Waals surface area contributed by atoms with Crippen molar-refractivity contribution in [2.45, 2.75) is 26.0 Å². The lowest BCUT2D eigenvalue weighted by Gasteiger charge is -2.30. The van der Waals surface area contributed by atoms with Crippen molar-refractivity contribution in [3.05, 3.63) is 11.1 Å². The van der Waals surface area contributed by atoms with Gasteiger partial charge >= 0.3 is 0 Å². The van der Waals surface area contributed by atoms with Crippen LogP contribution in [0.15, 0.2) is 5.38 Å². The smallest absolute Gasteiger partial charge is 0.185 e. The summed E-state index contributed by atoms with van der Waals surface area (Å²) in [7, 11) is 1.96. The largest absolute Gasteiger partial charge is 0.375 e. The number of hydrogen-bond donors (Lipinski definition) is 1. The van der Waals surface area contributed by atoms with Gasteiger partial charge in [0.15, 0.2) is 5.13 Å². The first-order valence-electron chi connectivity index (χ1n) is 5.70. The Labute approximate surface area is 101 Å². The fourth-order valence-corrected chi connectivity index (χ4v) is 2.72. The van der Waals surface area contributed by atoms with Gasteiger partial charge in [0.2, 0.25) is 0 Å². The Bertz CT molecular complexity index is 342. The third-order valence-corrected chi connectivity index (χ3v) is 3.82. The van der Waals surface area contributed by atoms with Gasteiger partial charge in [-0.2, -0.15) is 0 Å². The van der Waals surface area contributed by atoms with E-state index in [1.807, 2.05) is 7.05 Å². The standard InChI is InChI=1S/C11H19N3OS/c1-8-6-14(4-5-15-8)11-13-10(7-16-11)9(2)12-3/h7-9,12H,4-6H2,1-3H3. The summed E-state index contributed by atoms with van der Waals surface area (Å²) in [6.07, 6.45) is 0.308. The number of hydrogen-bond acceptors (Lipinski definition) is 5. The van der Waals surface area contributed by atoms with E-state index in [0.29, 0.717) is 12.1 Å². The average Bonchev–Trinajstić information content (AvgIpc) is 2.77. The lowest BCUT2D eigenvalue weighted by atomic mass is 10.3. The highest BCUT2D eigenvalue weighted by Gasteiger charge is 2.20. The Morgan fingerprint density at radius 2 is 2.50 bits per heavy atom. The third-order valence-electron chi connectivity index (χ3n) is 2.90. The van der Waals surface area contributed by atoms with E-state index >= 15 is 0 Å². The molecule has 0 saturated carbocycles. The van der Waals surface area contributed by atoms with Crippen LogP contribution in [0.2, 0.25) is 0 Å². The van der Waals surface area contributed by atoms with Crippen LogP contribution < -0.4 is 10.2 Å². The zero-order valence-electron chi connectivity index (χ0n) is 10.1. The van der Waals surface area contributed by atoms with Crippen LogP contribution in [0.4, 0.5) is 5.13 Å². The molecule has 2 atom stereocenters. The Morgan fingerprint density at radius 1 is 1.69 bits per heavy atom. The maximum absolute atomic E-state index is 5.53. The molecule has 0 radical (unpaired) electrons. The van der Waals surface area contributed by atoms with Crippen molar-refractivity contribution in [2.75, 3.05) is 31.6 Å². The van der Waals surface area contributed by atoms with Crippen molar-refractivity contribution in [3.8, 4) is 0 Å². The van der Waals surface area contributed by atoms with Crippen LogP contribution in [-0.4, -0.2) is 37.8 Å². The van der Waals surface area contributed by atoms with Crippen LogP contribution in [0, 0.1) is 0 Å². The van der Waals surface area contributed by atoms with Gasteiger partial charge in [0.25, 0.3) is 0 Å². The highest BCUT2D eigenvalue weighted by Crippen LogP contribution is 2.25.